The van der Waals surface area contributed by atoms with Gasteiger partial charge < -0.3 is 9.47 Å². The van der Waals surface area contributed by atoms with E-state index in [2.05, 4.69) is 15.9 Å². The lowest BCUT2D eigenvalue weighted by Crippen LogP contribution is -2.00. The highest BCUT2D eigenvalue weighted by molar-refractivity contribution is 9.10. The summed E-state index contributed by atoms with van der Waals surface area (Å²) in [7, 11) is 0. The van der Waals surface area contributed by atoms with E-state index in [9.17, 15) is 14.0 Å². The van der Waals surface area contributed by atoms with Gasteiger partial charge in [0, 0.05) is 10.0 Å². The molecule has 0 saturated heterocycles. The summed E-state index contributed by atoms with van der Waals surface area (Å²) < 4.78 is 39.4. The van der Waals surface area contributed by atoms with E-state index in [1.54, 1.807) is 48.5 Å². The van der Waals surface area contributed by atoms with E-state index in [1.807, 2.05) is 13.0 Å². The Bertz CT molecular complexity index is 1110. The lowest BCUT2D eigenvalue weighted by atomic mass is 10.0. The summed E-state index contributed by atoms with van der Waals surface area (Å²) in [5, 5.41) is 9.53. The van der Waals surface area contributed by atoms with Crippen LogP contribution >= 0.6 is 15.9 Å². The molecule has 0 aliphatic heterocycles. The molecule has 0 radical (unpaired) electrons. The van der Waals surface area contributed by atoms with Crippen LogP contribution in [-0.4, -0.2) is 6.61 Å². The van der Waals surface area contributed by atoms with Crippen LogP contribution in [0, 0.1) is 23.0 Å². The summed E-state index contributed by atoms with van der Waals surface area (Å²) in [5.41, 5.74) is 1.87. The number of nitrogens with zero attached hydrogens (tertiary/aromatic N) is 1. The molecule has 0 aliphatic carbocycles. The summed E-state index contributed by atoms with van der Waals surface area (Å²) >= 11 is 3.48. The first-order valence-electron chi connectivity index (χ1n) is 9.22. The van der Waals surface area contributed by atoms with Crippen molar-refractivity contribution in [3.8, 4) is 17.6 Å². The zero-order valence-corrected chi connectivity index (χ0v) is 17.7. The number of hydrogen-bond donors (Lipinski definition) is 0. The first-order chi connectivity index (χ1) is 14.5. The molecule has 30 heavy (non-hydrogen) atoms. The van der Waals surface area contributed by atoms with Crippen LogP contribution in [-0.2, 0) is 6.61 Å². The maximum atomic E-state index is 14.1. The molecule has 6 heteroatoms. The standard InChI is InChI=1S/C24H18BrF2NO2/c1-2-29-23-12-17(11-18(14-28)20-5-3-4-6-22(20)27)21(25)13-24(23)30-15-16-7-9-19(26)10-8-16/h3-13H,2,15H2,1H3. The highest BCUT2D eigenvalue weighted by Gasteiger charge is 2.13. The fourth-order valence-corrected chi connectivity index (χ4v) is 3.23. The Morgan fingerprint density at radius 1 is 1.03 bits per heavy atom. The SMILES string of the molecule is CCOc1cc(C=C(C#N)c2ccccc2F)c(Br)cc1OCc1ccc(F)cc1. The second-order valence-corrected chi connectivity index (χ2v) is 7.17. The molecule has 0 spiro atoms. The Morgan fingerprint density at radius 3 is 2.40 bits per heavy atom. The van der Waals surface area contributed by atoms with Crippen molar-refractivity contribution in [2.24, 2.45) is 0 Å². The Balaban J connectivity index is 1.93. The van der Waals surface area contributed by atoms with Crippen LogP contribution in [0.1, 0.15) is 23.6 Å². The van der Waals surface area contributed by atoms with Gasteiger partial charge >= 0.3 is 0 Å². The highest BCUT2D eigenvalue weighted by Crippen LogP contribution is 2.36. The molecule has 0 N–H and O–H groups in total. The van der Waals surface area contributed by atoms with Crippen molar-refractivity contribution in [1.29, 1.82) is 5.26 Å². The zero-order valence-electron chi connectivity index (χ0n) is 16.2. The van der Waals surface area contributed by atoms with E-state index < -0.39 is 5.82 Å². The Morgan fingerprint density at radius 2 is 1.73 bits per heavy atom. The van der Waals surface area contributed by atoms with Crippen molar-refractivity contribution in [2.75, 3.05) is 6.61 Å². The molecular formula is C24H18BrF2NO2. The summed E-state index contributed by atoms with van der Waals surface area (Å²) in [6.45, 7) is 2.50. The number of benzene rings is 3. The van der Waals surface area contributed by atoms with Crippen LogP contribution in [0.5, 0.6) is 11.5 Å². The summed E-state index contributed by atoms with van der Waals surface area (Å²) in [6.07, 6.45) is 1.59. The zero-order chi connectivity index (χ0) is 21.5. The fraction of sp³-hybridized carbons (Fsp3) is 0.125. The molecule has 0 bridgehead atoms. The van der Waals surface area contributed by atoms with E-state index in [-0.39, 0.29) is 23.6 Å². The number of nitriles is 1. The lowest BCUT2D eigenvalue weighted by molar-refractivity contribution is 0.269. The maximum absolute atomic E-state index is 14.1. The molecule has 0 saturated carbocycles. The van der Waals surface area contributed by atoms with Crippen molar-refractivity contribution in [3.05, 3.63) is 93.5 Å². The predicted octanol–water partition coefficient (Wildman–Crippen LogP) is 6.77. The van der Waals surface area contributed by atoms with Crippen LogP contribution < -0.4 is 9.47 Å². The molecule has 3 nitrogen and oxygen atoms in total. The monoisotopic (exact) mass is 469 g/mol. The third kappa shape index (κ3) is 5.25. The van der Waals surface area contributed by atoms with Gasteiger partial charge in [-0.15, -0.1) is 0 Å². The predicted molar refractivity (Wildman–Crippen MR) is 116 cm³/mol. The molecule has 3 aromatic rings. The smallest absolute Gasteiger partial charge is 0.162 e. The molecule has 0 unspecified atom stereocenters. The number of allylic oxidation sites excluding steroid dienone is 1. The van der Waals surface area contributed by atoms with Crippen molar-refractivity contribution < 1.29 is 18.3 Å². The fourth-order valence-electron chi connectivity index (χ4n) is 2.79. The van der Waals surface area contributed by atoms with Crippen molar-refractivity contribution in [2.45, 2.75) is 13.5 Å². The summed E-state index contributed by atoms with van der Waals surface area (Å²) in [5.74, 6) is 0.205. The Hall–Kier alpha value is -3.17. The average Bonchev–Trinajstić information content (AvgIpc) is 2.74. The maximum Gasteiger partial charge on any atom is 0.162 e. The lowest BCUT2D eigenvalue weighted by Gasteiger charge is -2.14. The third-order valence-corrected chi connectivity index (χ3v) is 4.94. The highest BCUT2D eigenvalue weighted by atomic mass is 79.9. The van der Waals surface area contributed by atoms with Gasteiger partial charge in [-0.25, -0.2) is 8.78 Å². The number of halogens is 3. The molecule has 3 aromatic carbocycles. The molecule has 0 amide bonds. The molecule has 0 heterocycles. The van der Waals surface area contributed by atoms with E-state index in [4.69, 9.17) is 9.47 Å². The van der Waals surface area contributed by atoms with Crippen LogP contribution in [0.15, 0.2) is 65.1 Å². The molecule has 0 aliphatic rings. The molecule has 0 fully saturated rings. The van der Waals surface area contributed by atoms with Gasteiger partial charge in [-0.3, -0.25) is 0 Å². The minimum Gasteiger partial charge on any atom is -0.490 e. The van der Waals surface area contributed by atoms with Gasteiger partial charge in [0.25, 0.3) is 0 Å². The van der Waals surface area contributed by atoms with Gasteiger partial charge in [-0.05, 0) is 54.5 Å². The first-order valence-corrected chi connectivity index (χ1v) is 10.0. The van der Waals surface area contributed by atoms with Gasteiger partial charge in [0.05, 0.1) is 18.2 Å². The second kappa shape index (κ2) is 10.0. The molecule has 0 atom stereocenters. The Labute approximate surface area is 182 Å². The topological polar surface area (TPSA) is 42.2 Å². The molecule has 0 aromatic heterocycles. The Kier molecular flexibility index (Phi) is 7.21. The van der Waals surface area contributed by atoms with Gasteiger partial charge in [-0.1, -0.05) is 46.3 Å². The number of rotatable bonds is 7. The van der Waals surface area contributed by atoms with E-state index in [0.717, 1.165) is 5.56 Å². The van der Waals surface area contributed by atoms with Crippen LogP contribution in [0.3, 0.4) is 0 Å². The van der Waals surface area contributed by atoms with Crippen molar-refractivity contribution in [1.82, 2.24) is 0 Å². The summed E-state index contributed by atoms with van der Waals surface area (Å²) in [6, 6.07) is 17.7. The van der Waals surface area contributed by atoms with E-state index in [0.29, 0.717) is 28.1 Å². The van der Waals surface area contributed by atoms with Gasteiger partial charge in [0.1, 0.15) is 18.2 Å². The second-order valence-electron chi connectivity index (χ2n) is 6.32. The number of hydrogen-bond acceptors (Lipinski definition) is 3. The minimum atomic E-state index is -0.467. The van der Waals surface area contributed by atoms with Crippen molar-refractivity contribution >= 4 is 27.6 Å². The average molecular weight is 470 g/mol. The summed E-state index contributed by atoms with van der Waals surface area (Å²) in [4.78, 5) is 0. The van der Waals surface area contributed by atoms with Crippen LogP contribution in [0.2, 0.25) is 0 Å². The normalized spacial score (nSPS) is 11.1. The van der Waals surface area contributed by atoms with Gasteiger partial charge in [0.2, 0.25) is 0 Å². The van der Waals surface area contributed by atoms with Crippen LogP contribution in [0.25, 0.3) is 11.6 Å². The van der Waals surface area contributed by atoms with Gasteiger partial charge in [0.15, 0.2) is 11.5 Å². The van der Waals surface area contributed by atoms with Crippen molar-refractivity contribution in [3.63, 3.8) is 0 Å². The largest absolute Gasteiger partial charge is 0.490 e. The third-order valence-electron chi connectivity index (χ3n) is 4.25. The van der Waals surface area contributed by atoms with E-state index >= 15 is 0 Å². The first kappa shape index (κ1) is 21.5. The molecule has 152 valence electrons. The quantitative estimate of drug-likeness (QED) is 0.283. The minimum absolute atomic E-state index is 0.191. The van der Waals surface area contributed by atoms with Crippen LogP contribution in [0.4, 0.5) is 8.78 Å². The molecular weight excluding hydrogens is 452 g/mol. The molecule has 3 rings (SSSR count). The van der Waals surface area contributed by atoms with E-state index in [1.165, 1.54) is 18.2 Å². The van der Waals surface area contributed by atoms with Gasteiger partial charge in [-0.2, -0.15) is 5.26 Å². The number of ether oxygens (including phenoxy) is 2.